The molecule has 0 aromatic heterocycles. The molecule has 0 radical (unpaired) electrons. The van der Waals surface area contributed by atoms with Crippen LogP contribution in [-0.2, 0) is 11.2 Å². The lowest BCUT2D eigenvalue weighted by Crippen LogP contribution is -2.14. The molecule has 1 aliphatic rings. The largest absolute Gasteiger partial charge is 0.299 e. The molecule has 0 bridgehead atoms. The fourth-order valence-electron chi connectivity index (χ4n) is 2.68. The van der Waals surface area contributed by atoms with Gasteiger partial charge in [0.25, 0.3) is 0 Å². The fraction of sp³-hybridized carbons (Fsp3) is 0.533. The summed E-state index contributed by atoms with van der Waals surface area (Å²) in [5.74, 6) is 0.837. The Morgan fingerprint density at radius 1 is 1.11 bits per heavy atom. The van der Waals surface area contributed by atoms with Crippen LogP contribution < -0.4 is 0 Å². The van der Waals surface area contributed by atoms with Gasteiger partial charge in [-0.2, -0.15) is 0 Å². The van der Waals surface area contributed by atoms with Crippen LogP contribution in [0.4, 0.5) is 0 Å². The van der Waals surface area contributed by atoms with Crippen molar-refractivity contribution in [3.63, 3.8) is 0 Å². The van der Waals surface area contributed by atoms with Crippen LogP contribution >= 0.6 is 23.2 Å². The lowest BCUT2D eigenvalue weighted by molar-refractivity contribution is -0.119. The normalized spacial score (nSPS) is 16.8. The van der Waals surface area contributed by atoms with Crippen LogP contribution in [0, 0.1) is 5.92 Å². The average Bonchev–Trinajstić information content (AvgIpc) is 2.35. The van der Waals surface area contributed by atoms with Crippen molar-refractivity contribution in [2.45, 2.75) is 44.9 Å². The number of Topliss-reactive ketones (excluding diaryl/α,β-unsaturated/α-hetero) is 1. The van der Waals surface area contributed by atoms with E-state index in [9.17, 15) is 4.79 Å². The zero-order valence-corrected chi connectivity index (χ0v) is 11.9. The van der Waals surface area contributed by atoms with Crippen molar-refractivity contribution in [1.29, 1.82) is 0 Å². The summed E-state index contributed by atoms with van der Waals surface area (Å²) in [6.07, 6.45) is 7.30. The summed E-state index contributed by atoms with van der Waals surface area (Å²) < 4.78 is 0. The van der Waals surface area contributed by atoms with E-state index in [1.807, 2.05) is 0 Å². The average molecular weight is 285 g/mol. The van der Waals surface area contributed by atoms with Gasteiger partial charge in [-0.15, -0.1) is 0 Å². The van der Waals surface area contributed by atoms with Crippen molar-refractivity contribution in [3.8, 4) is 0 Å². The van der Waals surface area contributed by atoms with E-state index in [0.29, 0.717) is 28.8 Å². The summed E-state index contributed by atoms with van der Waals surface area (Å²) in [7, 11) is 0. The number of rotatable bonds is 4. The van der Waals surface area contributed by atoms with Crippen molar-refractivity contribution >= 4 is 29.0 Å². The van der Waals surface area contributed by atoms with Gasteiger partial charge in [-0.3, -0.25) is 4.79 Å². The molecule has 0 aliphatic heterocycles. The molecule has 1 nitrogen and oxygen atoms in total. The predicted octanol–water partition coefficient (Wildman–Crippen LogP) is 5.08. The Bertz CT molecular complexity index is 402. The summed E-state index contributed by atoms with van der Waals surface area (Å²) in [6, 6.07) is 5.38. The third-order valence-corrected chi connectivity index (χ3v) is 4.38. The van der Waals surface area contributed by atoms with Crippen LogP contribution in [0.5, 0.6) is 0 Å². The quantitative estimate of drug-likeness (QED) is 0.754. The highest BCUT2D eigenvalue weighted by molar-refractivity contribution is 6.36. The van der Waals surface area contributed by atoms with Gasteiger partial charge in [0.2, 0.25) is 0 Å². The Balaban J connectivity index is 1.94. The molecule has 1 aliphatic carbocycles. The molecule has 0 spiro atoms. The van der Waals surface area contributed by atoms with Crippen LogP contribution in [0.25, 0.3) is 0 Å². The number of ketones is 1. The van der Waals surface area contributed by atoms with Crippen LogP contribution in [-0.4, -0.2) is 5.78 Å². The Hall–Kier alpha value is -0.530. The molecule has 3 heteroatoms. The number of carbonyl (C=O) groups is 1. The molecule has 98 valence electrons. The molecule has 18 heavy (non-hydrogen) atoms. The second kappa shape index (κ2) is 6.58. The second-order valence-electron chi connectivity index (χ2n) is 5.12. The van der Waals surface area contributed by atoms with E-state index in [1.165, 1.54) is 32.1 Å². The van der Waals surface area contributed by atoms with Gasteiger partial charge in [0.15, 0.2) is 0 Å². The van der Waals surface area contributed by atoms with E-state index in [0.717, 1.165) is 5.56 Å². The number of carbonyl (C=O) groups excluding carboxylic acids is 1. The van der Waals surface area contributed by atoms with Crippen molar-refractivity contribution in [2.75, 3.05) is 0 Å². The molecule has 2 rings (SSSR count). The zero-order valence-electron chi connectivity index (χ0n) is 10.4. The number of hydrogen-bond acceptors (Lipinski definition) is 1. The second-order valence-corrected chi connectivity index (χ2v) is 5.94. The molecule has 0 unspecified atom stereocenters. The Kier molecular flexibility index (Phi) is 5.08. The minimum atomic E-state index is 0.261. The SMILES string of the molecule is O=C(Cc1c(Cl)cccc1Cl)CC1CCCCC1. The molecular weight excluding hydrogens is 267 g/mol. The molecule has 0 heterocycles. The number of halogens is 2. The highest BCUT2D eigenvalue weighted by Crippen LogP contribution is 2.29. The first-order valence-corrected chi connectivity index (χ1v) is 7.37. The maximum Gasteiger partial charge on any atom is 0.137 e. The van der Waals surface area contributed by atoms with E-state index in [4.69, 9.17) is 23.2 Å². The monoisotopic (exact) mass is 284 g/mol. The summed E-state index contributed by atoms with van der Waals surface area (Å²) in [5.41, 5.74) is 0.779. The summed E-state index contributed by atoms with van der Waals surface area (Å²) in [5, 5.41) is 1.19. The maximum absolute atomic E-state index is 12.1. The molecule has 1 saturated carbocycles. The summed E-state index contributed by atoms with van der Waals surface area (Å²) >= 11 is 12.2. The van der Waals surface area contributed by atoms with Gasteiger partial charge in [-0.05, 0) is 23.6 Å². The van der Waals surface area contributed by atoms with E-state index >= 15 is 0 Å². The standard InChI is InChI=1S/C15H18Cl2O/c16-14-7-4-8-15(17)13(14)10-12(18)9-11-5-2-1-3-6-11/h4,7-8,11H,1-3,5-6,9-10H2. The maximum atomic E-state index is 12.1. The van der Waals surface area contributed by atoms with E-state index in [2.05, 4.69) is 0 Å². The highest BCUT2D eigenvalue weighted by atomic mass is 35.5. The predicted molar refractivity (Wildman–Crippen MR) is 76.4 cm³/mol. The number of benzene rings is 1. The van der Waals surface area contributed by atoms with E-state index in [-0.39, 0.29) is 5.78 Å². The van der Waals surface area contributed by atoms with Crippen LogP contribution in [0.2, 0.25) is 10.0 Å². The van der Waals surface area contributed by atoms with Gasteiger partial charge < -0.3 is 0 Å². The third kappa shape index (κ3) is 3.73. The van der Waals surface area contributed by atoms with Gasteiger partial charge >= 0.3 is 0 Å². The van der Waals surface area contributed by atoms with Gasteiger partial charge in [-0.25, -0.2) is 0 Å². The highest BCUT2D eigenvalue weighted by Gasteiger charge is 2.18. The molecule has 1 fully saturated rings. The summed E-state index contributed by atoms with van der Waals surface area (Å²) in [6.45, 7) is 0. The molecule has 0 atom stereocenters. The first-order chi connectivity index (χ1) is 8.66. The lowest BCUT2D eigenvalue weighted by Gasteiger charge is -2.20. The van der Waals surface area contributed by atoms with E-state index in [1.54, 1.807) is 18.2 Å². The van der Waals surface area contributed by atoms with Crippen molar-refractivity contribution in [2.24, 2.45) is 5.92 Å². The van der Waals surface area contributed by atoms with Gasteiger partial charge in [0.05, 0.1) is 0 Å². The van der Waals surface area contributed by atoms with Gasteiger partial charge in [-0.1, -0.05) is 61.4 Å². The Morgan fingerprint density at radius 3 is 2.33 bits per heavy atom. The van der Waals surface area contributed by atoms with Crippen molar-refractivity contribution < 1.29 is 4.79 Å². The van der Waals surface area contributed by atoms with E-state index < -0.39 is 0 Å². The fourth-order valence-corrected chi connectivity index (χ4v) is 3.21. The minimum absolute atomic E-state index is 0.261. The minimum Gasteiger partial charge on any atom is -0.299 e. The topological polar surface area (TPSA) is 17.1 Å². The molecule has 0 N–H and O–H groups in total. The van der Waals surface area contributed by atoms with Crippen LogP contribution in [0.1, 0.15) is 44.1 Å². The van der Waals surface area contributed by atoms with Crippen molar-refractivity contribution in [3.05, 3.63) is 33.8 Å². The molecular formula is C15H18Cl2O. The molecule has 0 saturated heterocycles. The first-order valence-electron chi connectivity index (χ1n) is 6.61. The zero-order chi connectivity index (χ0) is 13.0. The van der Waals surface area contributed by atoms with Gasteiger partial charge in [0.1, 0.15) is 5.78 Å². The summed E-state index contributed by atoms with van der Waals surface area (Å²) in [4.78, 5) is 12.1. The van der Waals surface area contributed by atoms with Gasteiger partial charge in [0, 0.05) is 22.9 Å². The first kappa shape index (κ1) is 13.9. The number of hydrogen-bond donors (Lipinski definition) is 0. The smallest absolute Gasteiger partial charge is 0.137 e. The Morgan fingerprint density at radius 2 is 1.72 bits per heavy atom. The van der Waals surface area contributed by atoms with Crippen LogP contribution in [0.15, 0.2) is 18.2 Å². The molecule has 1 aromatic rings. The molecule has 1 aromatic carbocycles. The molecule has 0 amide bonds. The van der Waals surface area contributed by atoms with Crippen molar-refractivity contribution in [1.82, 2.24) is 0 Å². The third-order valence-electron chi connectivity index (χ3n) is 3.68. The van der Waals surface area contributed by atoms with Crippen LogP contribution in [0.3, 0.4) is 0 Å². The Labute approximate surface area is 118 Å². The lowest BCUT2D eigenvalue weighted by atomic mass is 9.85.